The number of anilines is 1. The van der Waals surface area contributed by atoms with Gasteiger partial charge in [-0.2, -0.15) is 0 Å². The maximum atomic E-state index is 11.4. The highest BCUT2D eigenvalue weighted by Crippen LogP contribution is 2.19. The number of hydrogen-bond acceptors (Lipinski definition) is 3. The molecule has 2 rings (SSSR count). The van der Waals surface area contributed by atoms with E-state index in [-0.39, 0.29) is 5.25 Å². The Morgan fingerprint density at radius 1 is 1.53 bits per heavy atom. The van der Waals surface area contributed by atoms with E-state index in [2.05, 4.69) is 9.55 Å². The van der Waals surface area contributed by atoms with Crippen LogP contribution in [0.15, 0.2) is 18.2 Å². The molecule has 0 aliphatic carbocycles. The summed E-state index contributed by atoms with van der Waals surface area (Å²) < 4.78 is 13.5. The number of fused-ring (bicyclic) bond motifs is 1. The normalized spacial score (nSPS) is 15.0. The van der Waals surface area contributed by atoms with E-state index in [9.17, 15) is 4.21 Å². The molecule has 0 aliphatic heterocycles. The fraction of sp³-hybridized carbons (Fsp3) is 0.417. The van der Waals surface area contributed by atoms with Gasteiger partial charge in [0.2, 0.25) is 0 Å². The number of rotatable bonds is 3. The monoisotopic (exact) mass is 251 g/mol. The number of hydrogen-bond donors (Lipinski definition) is 1. The standard InChI is InChI=1S/C12H17N3OS/c1-8(17(3)16)7-15-9(2)14-11-6-10(13)4-5-12(11)15/h4-6,8H,7,13H2,1-3H3. The van der Waals surface area contributed by atoms with Crippen molar-refractivity contribution in [3.05, 3.63) is 24.0 Å². The maximum absolute atomic E-state index is 11.4. The summed E-state index contributed by atoms with van der Waals surface area (Å²) in [6, 6.07) is 5.70. The summed E-state index contributed by atoms with van der Waals surface area (Å²) >= 11 is 0. The topological polar surface area (TPSA) is 60.9 Å². The lowest BCUT2D eigenvalue weighted by Crippen LogP contribution is -2.18. The molecule has 1 aromatic heterocycles. The highest BCUT2D eigenvalue weighted by Gasteiger charge is 2.12. The first-order valence-corrected chi connectivity index (χ1v) is 7.15. The minimum Gasteiger partial charge on any atom is -0.399 e. The Morgan fingerprint density at radius 3 is 2.88 bits per heavy atom. The first kappa shape index (κ1) is 12.1. The molecular weight excluding hydrogens is 234 g/mol. The lowest BCUT2D eigenvalue weighted by Gasteiger charge is -2.11. The summed E-state index contributed by atoms with van der Waals surface area (Å²) in [6.45, 7) is 4.66. The average Bonchev–Trinajstić information content (AvgIpc) is 2.54. The molecule has 2 aromatic rings. The molecule has 2 unspecified atom stereocenters. The van der Waals surface area contributed by atoms with Crippen LogP contribution in [0, 0.1) is 6.92 Å². The Labute approximate surface area is 103 Å². The molecular formula is C12H17N3OS. The van der Waals surface area contributed by atoms with Crippen molar-refractivity contribution in [1.29, 1.82) is 0 Å². The number of aryl methyl sites for hydroxylation is 1. The van der Waals surface area contributed by atoms with Gasteiger partial charge in [-0.1, -0.05) is 0 Å². The average molecular weight is 251 g/mol. The Balaban J connectivity index is 2.46. The van der Waals surface area contributed by atoms with Crippen molar-refractivity contribution in [2.24, 2.45) is 0 Å². The fourth-order valence-corrected chi connectivity index (χ4v) is 2.22. The fourth-order valence-electron chi connectivity index (χ4n) is 1.86. The number of aromatic nitrogens is 2. The Hall–Kier alpha value is -1.36. The predicted octanol–water partition coefficient (Wildman–Crippen LogP) is 1.69. The highest BCUT2D eigenvalue weighted by atomic mass is 32.2. The van der Waals surface area contributed by atoms with E-state index in [4.69, 9.17) is 5.73 Å². The number of nitrogens with two attached hydrogens (primary N) is 1. The van der Waals surface area contributed by atoms with Gasteiger partial charge in [0.1, 0.15) is 5.82 Å². The van der Waals surface area contributed by atoms with Crippen LogP contribution in [-0.2, 0) is 17.3 Å². The minimum absolute atomic E-state index is 0.114. The van der Waals surface area contributed by atoms with E-state index < -0.39 is 10.8 Å². The molecule has 4 nitrogen and oxygen atoms in total. The molecule has 92 valence electrons. The van der Waals surface area contributed by atoms with E-state index >= 15 is 0 Å². The molecule has 0 bridgehead atoms. The summed E-state index contributed by atoms with van der Waals surface area (Å²) in [5.41, 5.74) is 8.40. The summed E-state index contributed by atoms with van der Waals surface area (Å²) in [7, 11) is -0.824. The van der Waals surface area contributed by atoms with E-state index in [1.54, 1.807) is 6.26 Å². The van der Waals surface area contributed by atoms with Crippen molar-refractivity contribution in [2.75, 3.05) is 12.0 Å². The van der Waals surface area contributed by atoms with Crippen LogP contribution in [0.5, 0.6) is 0 Å². The van der Waals surface area contributed by atoms with E-state index in [0.29, 0.717) is 5.69 Å². The van der Waals surface area contributed by atoms with Crippen LogP contribution in [0.3, 0.4) is 0 Å². The third kappa shape index (κ3) is 2.34. The molecule has 2 atom stereocenters. The maximum Gasteiger partial charge on any atom is 0.106 e. The van der Waals surface area contributed by atoms with Gasteiger partial charge >= 0.3 is 0 Å². The Morgan fingerprint density at radius 2 is 2.24 bits per heavy atom. The van der Waals surface area contributed by atoms with E-state index in [1.165, 1.54) is 0 Å². The van der Waals surface area contributed by atoms with Crippen molar-refractivity contribution in [3.63, 3.8) is 0 Å². The minimum atomic E-state index is -0.824. The molecule has 0 amide bonds. The molecule has 5 heteroatoms. The third-order valence-corrected chi connectivity index (χ3v) is 4.25. The summed E-state index contributed by atoms with van der Waals surface area (Å²) in [4.78, 5) is 4.47. The van der Waals surface area contributed by atoms with Crippen LogP contribution >= 0.6 is 0 Å². The van der Waals surface area contributed by atoms with Gasteiger partial charge in [-0.15, -0.1) is 0 Å². The zero-order valence-electron chi connectivity index (χ0n) is 10.3. The lowest BCUT2D eigenvalue weighted by molar-refractivity contribution is 0.642. The molecule has 0 saturated heterocycles. The zero-order valence-corrected chi connectivity index (χ0v) is 11.1. The number of imidazole rings is 1. The molecule has 0 aliphatic rings. The molecule has 0 radical (unpaired) electrons. The molecule has 17 heavy (non-hydrogen) atoms. The summed E-state index contributed by atoms with van der Waals surface area (Å²) in [5, 5.41) is 0.114. The SMILES string of the molecule is Cc1nc2cc(N)ccc2n1CC(C)S(C)=O. The molecule has 1 aromatic carbocycles. The molecule has 2 N–H and O–H groups in total. The summed E-state index contributed by atoms with van der Waals surface area (Å²) in [6.07, 6.45) is 1.73. The first-order valence-electron chi connectivity index (χ1n) is 5.53. The number of nitrogens with zero attached hydrogens (tertiary/aromatic N) is 2. The van der Waals surface area contributed by atoms with Crippen molar-refractivity contribution in [3.8, 4) is 0 Å². The second-order valence-electron chi connectivity index (χ2n) is 4.33. The lowest BCUT2D eigenvalue weighted by atomic mass is 10.3. The van der Waals surface area contributed by atoms with Gasteiger partial charge < -0.3 is 10.3 Å². The zero-order chi connectivity index (χ0) is 12.6. The molecule has 0 fully saturated rings. The van der Waals surface area contributed by atoms with Crippen LogP contribution in [0.2, 0.25) is 0 Å². The molecule has 1 heterocycles. The van der Waals surface area contributed by atoms with Crippen molar-refractivity contribution >= 4 is 27.5 Å². The van der Waals surface area contributed by atoms with Crippen LogP contribution in [0.1, 0.15) is 12.7 Å². The molecule has 0 spiro atoms. The Kier molecular flexibility index (Phi) is 3.19. The predicted molar refractivity (Wildman–Crippen MR) is 72.4 cm³/mol. The van der Waals surface area contributed by atoms with Gasteiger partial charge in [0.15, 0.2) is 0 Å². The van der Waals surface area contributed by atoms with Gasteiger partial charge in [-0.25, -0.2) is 4.98 Å². The van der Waals surface area contributed by atoms with Crippen LogP contribution in [-0.4, -0.2) is 25.3 Å². The van der Waals surface area contributed by atoms with Gasteiger partial charge in [-0.3, -0.25) is 4.21 Å². The van der Waals surface area contributed by atoms with Gasteiger partial charge in [0.25, 0.3) is 0 Å². The third-order valence-electron chi connectivity index (χ3n) is 2.97. The largest absolute Gasteiger partial charge is 0.399 e. The highest BCUT2D eigenvalue weighted by molar-refractivity contribution is 7.84. The van der Waals surface area contributed by atoms with Gasteiger partial charge in [0.05, 0.1) is 11.0 Å². The van der Waals surface area contributed by atoms with Gasteiger partial charge in [0, 0.05) is 34.5 Å². The second-order valence-corrected chi connectivity index (χ2v) is 6.13. The number of nitrogen functional groups attached to an aromatic ring is 1. The number of benzene rings is 1. The quantitative estimate of drug-likeness (QED) is 0.844. The van der Waals surface area contributed by atoms with Crippen LogP contribution in [0.4, 0.5) is 5.69 Å². The van der Waals surface area contributed by atoms with Crippen molar-refractivity contribution in [1.82, 2.24) is 9.55 Å². The molecule has 0 saturated carbocycles. The first-order chi connectivity index (χ1) is 7.99. The van der Waals surface area contributed by atoms with Gasteiger partial charge in [-0.05, 0) is 32.0 Å². The summed E-state index contributed by atoms with van der Waals surface area (Å²) in [5.74, 6) is 0.933. The van der Waals surface area contributed by atoms with Crippen LogP contribution < -0.4 is 5.73 Å². The smallest absolute Gasteiger partial charge is 0.106 e. The second kappa shape index (κ2) is 4.49. The van der Waals surface area contributed by atoms with Crippen molar-refractivity contribution < 1.29 is 4.21 Å². The van der Waals surface area contributed by atoms with Crippen molar-refractivity contribution in [2.45, 2.75) is 25.6 Å². The Bertz CT molecular complexity index is 576. The van der Waals surface area contributed by atoms with Crippen LogP contribution in [0.25, 0.3) is 11.0 Å². The van der Waals surface area contributed by atoms with E-state index in [1.807, 2.05) is 32.0 Å². The van der Waals surface area contributed by atoms with E-state index in [0.717, 1.165) is 23.4 Å².